The molecule has 0 aromatic heterocycles. The summed E-state index contributed by atoms with van der Waals surface area (Å²) >= 11 is 0. The van der Waals surface area contributed by atoms with Gasteiger partial charge < -0.3 is 10.2 Å². The summed E-state index contributed by atoms with van der Waals surface area (Å²) in [7, 11) is 0. The van der Waals surface area contributed by atoms with Gasteiger partial charge in [0.05, 0.1) is 12.8 Å². The maximum atomic E-state index is 9.64. The fraction of sp³-hybridized carbons (Fsp3) is 0.250. The third-order valence-corrected chi connectivity index (χ3v) is 0.553. The van der Waals surface area contributed by atoms with Gasteiger partial charge in [0, 0.05) is 0 Å². The fourth-order valence-corrected chi connectivity index (χ4v) is 0.214. The van der Waals surface area contributed by atoms with Gasteiger partial charge in [-0.15, -0.1) is 26.3 Å². The maximum Gasteiger partial charge on any atom is 0.303 e. The molecule has 0 aromatic carbocycles. The molecule has 0 aromatic rings. The van der Waals surface area contributed by atoms with E-state index in [1.165, 1.54) is 0 Å². The third-order valence-electron chi connectivity index (χ3n) is 0.553. The normalized spacial score (nSPS) is 6.33. The van der Waals surface area contributed by atoms with Crippen LogP contribution in [0.2, 0.25) is 0 Å². The summed E-state index contributed by atoms with van der Waals surface area (Å²) in [5, 5.41) is 15.8. The lowest BCUT2D eigenvalue weighted by molar-refractivity contribution is -0.143. The highest BCUT2D eigenvalue weighted by atomic mass is 16.4. The van der Waals surface area contributed by atoms with E-state index in [9.17, 15) is 9.59 Å². The Balaban J connectivity index is -0.000000175. The summed E-state index contributed by atoms with van der Waals surface area (Å²) in [4.78, 5) is 19.3. The molecule has 0 aliphatic carbocycles. The fourth-order valence-electron chi connectivity index (χ4n) is 0.214. The van der Waals surface area contributed by atoms with Crippen molar-refractivity contribution in [2.45, 2.75) is 12.8 Å². The molecule has 0 aliphatic heterocycles. The first-order valence-corrected chi connectivity index (χ1v) is 3.06. The first-order valence-electron chi connectivity index (χ1n) is 3.06. The zero-order valence-corrected chi connectivity index (χ0v) is 6.95. The number of carboxylic acid groups (broad SMARTS) is 2. The summed E-state index contributed by atoms with van der Waals surface area (Å²) in [6, 6.07) is 0. The third kappa shape index (κ3) is 39.6. The van der Waals surface area contributed by atoms with Crippen molar-refractivity contribution in [3.05, 3.63) is 26.3 Å². The van der Waals surface area contributed by atoms with Gasteiger partial charge >= 0.3 is 11.9 Å². The summed E-state index contributed by atoms with van der Waals surface area (Å²) in [6.45, 7) is 12.0. The Hall–Kier alpha value is -1.58. The largest absolute Gasteiger partial charge is 0.481 e. The monoisotopic (exact) mass is 174 g/mol. The van der Waals surface area contributed by atoms with E-state index in [4.69, 9.17) is 10.2 Å². The molecule has 0 rings (SSSR count). The van der Waals surface area contributed by atoms with Gasteiger partial charge in [0.25, 0.3) is 0 Å². The van der Waals surface area contributed by atoms with Crippen LogP contribution in [0.15, 0.2) is 26.3 Å². The predicted molar refractivity (Wildman–Crippen MR) is 47.0 cm³/mol. The number of rotatable bonds is 3. The molecule has 0 spiro atoms. The summed E-state index contributed by atoms with van der Waals surface area (Å²) < 4.78 is 0. The molecule has 0 fully saturated rings. The van der Waals surface area contributed by atoms with Gasteiger partial charge in [-0.05, 0) is 0 Å². The van der Waals surface area contributed by atoms with Crippen LogP contribution >= 0.6 is 0 Å². The molecule has 0 saturated carbocycles. The number of aliphatic carboxylic acids is 2. The SMILES string of the molecule is C=C.C=C.O=C(O)CCC(=O)O. The van der Waals surface area contributed by atoms with Crippen LogP contribution in [0.1, 0.15) is 12.8 Å². The van der Waals surface area contributed by atoms with Crippen molar-refractivity contribution in [2.75, 3.05) is 0 Å². The van der Waals surface area contributed by atoms with Gasteiger partial charge in [-0.1, -0.05) is 0 Å². The minimum absolute atomic E-state index is 0.296. The lowest BCUT2D eigenvalue weighted by atomic mass is 10.3. The second kappa shape index (κ2) is 16.2. The van der Waals surface area contributed by atoms with Crippen LogP contribution in [0.3, 0.4) is 0 Å². The van der Waals surface area contributed by atoms with Gasteiger partial charge in [0.15, 0.2) is 0 Å². The number of hydrogen-bond donors (Lipinski definition) is 2. The van der Waals surface area contributed by atoms with Gasteiger partial charge in [0.1, 0.15) is 0 Å². The maximum absolute atomic E-state index is 9.64. The summed E-state index contributed by atoms with van der Waals surface area (Å²) in [5.41, 5.74) is 0. The first kappa shape index (κ1) is 16.8. The smallest absolute Gasteiger partial charge is 0.303 e. The Kier molecular flexibility index (Phi) is 22.7. The molecule has 4 heteroatoms. The molecule has 0 radical (unpaired) electrons. The number of carbonyl (C=O) groups is 2. The van der Waals surface area contributed by atoms with E-state index < -0.39 is 11.9 Å². The van der Waals surface area contributed by atoms with Crippen molar-refractivity contribution >= 4 is 11.9 Å². The standard InChI is InChI=1S/C4H6O4.2C2H4/c5-3(6)1-2-4(7)8;2*1-2/h1-2H2,(H,5,6)(H,7,8);2*1-2H2. The molecule has 0 saturated heterocycles. The van der Waals surface area contributed by atoms with Gasteiger partial charge in [-0.25, -0.2) is 0 Å². The van der Waals surface area contributed by atoms with E-state index in [0.29, 0.717) is 0 Å². The summed E-state index contributed by atoms with van der Waals surface area (Å²) in [5.74, 6) is -2.15. The highest BCUT2D eigenvalue weighted by Crippen LogP contribution is 1.85. The molecule has 0 amide bonds. The van der Waals surface area contributed by atoms with Crippen molar-refractivity contribution < 1.29 is 19.8 Å². The molecule has 0 atom stereocenters. The van der Waals surface area contributed by atoms with Crippen LogP contribution in [-0.4, -0.2) is 22.2 Å². The highest BCUT2D eigenvalue weighted by Gasteiger charge is 2.00. The molecule has 2 N–H and O–H groups in total. The molecule has 0 aliphatic rings. The molecule has 12 heavy (non-hydrogen) atoms. The molecule has 70 valence electrons. The second-order valence-electron chi connectivity index (χ2n) is 1.29. The quantitative estimate of drug-likeness (QED) is 0.636. The lowest BCUT2D eigenvalue weighted by Crippen LogP contribution is -2.00. The van der Waals surface area contributed by atoms with E-state index in [0.717, 1.165) is 0 Å². The number of hydrogen-bond acceptors (Lipinski definition) is 2. The van der Waals surface area contributed by atoms with Crippen LogP contribution in [0.5, 0.6) is 0 Å². The van der Waals surface area contributed by atoms with E-state index in [2.05, 4.69) is 26.3 Å². The van der Waals surface area contributed by atoms with Crippen molar-refractivity contribution in [1.29, 1.82) is 0 Å². The Morgan fingerprint density at radius 3 is 1.08 bits per heavy atom. The van der Waals surface area contributed by atoms with Gasteiger partial charge in [-0.3, -0.25) is 9.59 Å². The van der Waals surface area contributed by atoms with Crippen LogP contribution in [0.25, 0.3) is 0 Å². The molecule has 0 unspecified atom stereocenters. The summed E-state index contributed by atoms with van der Waals surface area (Å²) in [6.07, 6.45) is -0.593. The number of carboxylic acids is 2. The van der Waals surface area contributed by atoms with Crippen LogP contribution in [0.4, 0.5) is 0 Å². The van der Waals surface area contributed by atoms with Gasteiger partial charge in [-0.2, -0.15) is 0 Å². The van der Waals surface area contributed by atoms with Crippen molar-refractivity contribution in [3.8, 4) is 0 Å². The topological polar surface area (TPSA) is 74.6 Å². The van der Waals surface area contributed by atoms with Crippen molar-refractivity contribution in [3.63, 3.8) is 0 Å². The van der Waals surface area contributed by atoms with Crippen molar-refractivity contribution in [1.82, 2.24) is 0 Å². The average molecular weight is 174 g/mol. The Morgan fingerprint density at radius 1 is 0.833 bits per heavy atom. The molecule has 4 nitrogen and oxygen atoms in total. The second-order valence-corrected chi connectivity index (χ2v) is 1.29. The molecular weight excluding hydrogens is 160 g/mol. The van der Waals surface area contributed by atoms with E-state index in [1.54, 1.807) is 0 Å². The first-order chi connectivity index (χ1) is 5.63. The Morgan fingerprint density at radius 2 is 1.00 bits per heavy atom. The Bertz CT molecular complexity index is 115. The van der Waals surface area contributed by atoms with E-state index in [1.807, 2.05) is 0 Å². The Labute approximate surface area is 71.8 Å². The predicted octanol–water partition coefficient (Wildman–Crippen LogP) is 1.54. The lowest BCUT2D eigenvalue weighted by Gasteiger charge is -1.85. The highest BCUT2D eigenvalue weighted by molar-refractivity contribution is 5.75. The average Bonchev–Trinajstić information content (AvgIpc) is 2.08. The van der Waals surface area contributed by atoms with E-state index >= 15 is 0 Å². The zero-order valence-electron chi connectivity index (χ0n) is 6.95. The van der Waals surface area contributed by atoms with Crippen molar-refractivity contribution in [2.24, 2.45) is 0 Å². The minimum atomic E-state index is -1.08. The zero-order chi connectivity index (χ0) is 10.6. The molecule has 0 bridgehead atoms. The molecular formula is C8H14O4. The van der Waals surface area contributed by atoms with E-state index in [-0.39, 0.29) is 12.8 Å². The minimum Gasteiger partial charge on any atom is -0.481 e. The molecule has 0 heterocycles. The van der Waals surface area contributed by atoms with Crippen LogP contribution in [-0.2, 0) is 9.59 Å². The van der Waals surface area contributed by atoms with Crippen LogP contribution < -0.4 is 0 Å². The van der Waals surface area contributed by atoms with Gasteiger partial charge in [0.2, 0.25) is 0 Å². The van der Waals surface area contributed by atoms with Crippen LogP contribution in [0, 0.1) is 0 Å².